The standard InChI is InChI=1S/C18H22BrN/c1-4-12-20-18(15-8-10-16(19)11-9-15)17-7-5-6-13(2)14(17)3/h5-11,18,20H,4,12H2,1-3H3. The number of hydrogen-bond acceptors (Lipinski definition) is 1. The molecule has 1 atom stereocenters. The summed E-state index contributed by atoms with van der Waals surface area (Å²) in [6.07, 6.45) is 1.14. The van der Waals surface area contributed by atoms with Crippen LogP contribution in [-0.4, -0.2) is 6.54 Å². The molecule has 0 amide bonds. The van der Waals surface area contributed by atoms with Crippen LogP contribution in [0.1, 0.15) is 41.6 Å². The second-order valence-corrected chi connectivity index (χ2v) is 6.14. The van der Waals surface area contributed by atoms with Crippen LogP contribution in [-0.2, 0) is 0 Å². The van der Waals surface area contributed by atoms with Gasteiger partial charge in [-0.1, -0.05) is 53.2 Å². The largest absolute Gasteiger partial charge is 0.306 e. The second kappa shape index (κ2) is 7.05. The zero-order valence-corrected chi connectivity index (χ0v) is 14.0. The summed E-state index contributed by atoms with van der Waals surface area (Å²) >= 11 is 3.51. The molecule has 2 rings (SSSR count). The predicted molar refractivity (Wildman–Crippen MR) is 90.2 cm³/mol. The van der Waals surface area contributed by atoms with E-state index in [1.54, 1.807) is 0 Å². The fourth-order valence-corrected chi connectivity index (χ4v) is 2.70. The van der Waals surface area contributed by atoms with E-state index in [9.17, 15) is 0 Å². The van der Waals surface area contributed by atoms with Crippen LogP contribution in [0.3, 0.4) is 0 Å². The van der Waals surface area contributed by atoms with Crippen LogP contribution >= 0.6 is 15.9 Å². The third-order valence-electron chi connectivity index (χ3n) is 3.76. The van der Waals surface area contributed by atoms with Gasteiger partial charge < -0.3 is 5.32 Å². The van der Waals surface area contributed by atoms with Crippen molar-refractivity contribution in [1.29, 1.82) is 0 Å². The van der Waals surface area contributed by atoms with Crippen molar-refractivity contribution >= 4 is 15.9 Å². The Morgan fingerprint density at radius 3 is 2.40 bits per heavy atom. The van der Waals surface area contributed by atoms with Gasteiger partial charge in [0, 0.05) is 4.47 Å². The normalized spacial score (nSPS) is 12.4. The molecule has 2 aromatic carbocycles. The Morgan fingerprint density at radius 1 is 1.05 bits per heavy atom. The molecule has 0 aliphatic carbocycles. The van der Waals surface area contributed by atoms with E-state index in [2.05, 4.69) is 84.5 Å². The first-order valence-electron chi connectivity index (χ1n) is 7.18. The van der Waals surface area contributed by atoms with Gasteiger partial charge in [-0.05, 0) is 61.2 Å². The van der Waals surface area contributed by atoms with Crippen LogP contribution in [0.15, 0.2) is 46.9 Å². The quantitative estimate of drug-likeness (QED) is 0.798. The summed E-state index contributed by atoms with van der Waals surface area (Å²) in [4.78, 5) is 0. The molecule has 1 unspecified atom stereocenters. The second-order valence-electron chi connectivity index (χ2n) is 5.23. The van der Waals surface area contributed by atoms with Gasteiger partial charge in [-0.15, -0.1) is 0 Å². The van der Waals surface area contributed by atoms with E-state index in [1.807, 2.05) is 0 Å². The van der Waals surface area contributed by atoms with E-state index >= 15 is 0 Å². The van der Waals surface area contributed by atoms with Crippen molar-refractivity contribution in [3.05, 3.63) is 69.2 Å². The Labute approximate surface area is 130 Å². The topological polar surface area (TPSA) is 12.0 Å². The van der Waals surface area contributed by atoms with Gasteiger partial charge in [-0.2, -0.15) is 0 Å². The van der Waals surface area contributed by atoms with E-state index in [-0.39, 0.29) is 6.04 Å². The number of aryl methyl sites for hydroxylation is 1. The van der Waals surface area contributed by atoms with Crippen LogP contribution in [0, 0.1) is 13.8 Å². The molecule has 2 heteroatoms. The zero-order chi connectivity index (χ0) is 14.5. The molecule has 0 fully saturated rings. The van der Waals surface area contributed by atoms with Gasteiger partial charge in [-0.25, -0.2) is 0 Å². The minimum Gasteiger partial charge on any atom is -0.306 e. The molecule has 0 bridgehead atoms. The van der Waals surface area contributed by atoms with Crippen LogP contribution in [0.25, 0.3) is 0 Å². The summed E-state index contributed by atoms with van der Waals surface area (Å²) in [5, 5.41) is 3.67. The maximum absolute atomic E-state index is 3.67. The van der Waals surface area contributed by atoms with Gasteiger partial charge in [0.1, 0.15) is 0 Å². The average molecular weight is 332 g/mol. The molecule has 1 N–H and O–H groups in total. The van der Waals surface area contributed by atoms with Gasteiger partial charge in [0.05, 0.1) is 6.04 Å². The molecule has 0 heterocycles. The Kier molecular flexibility index (Phi) is 5.38. The SMILES string of the molecule is CCCNC(c1ccc(Br)cc1)c1cccc(C)c1C. The molecular weight excluding hydrogens is 310 g/mol. The van der Waals surface area contributed by atoms with Crippen LogP contribution in [0.4, 0.5) is 0 Å². The van der Waals surface area contributed by atoms with Gasteiger partial charge in [-0.3, -0.25) is 0 Å². The number of rotatable bonds is 5. The third kappa shape index (κ3) is 3.50. The van der Waals surface area contributed by atoms with E-state index in [0.717, 1.165) is 17.4 Å². The van der Waals surface area contributed by atoms with Crippen molar-refractivity contribution in [3.63, 3.8) is 0 Å². The highest BCUT2D eigenvalue weighted by atomic mass is 79.9. The Morgan fingerprint density at radius 2 is 1.75 bits per heavy atom. The molecule has 0 saturated carbocycles. The van der Waals surface area contributed by atoms with Crippen molar-refractivity contribution in [2.75, 3.05) is 6.54 Å². The van der Waals surface area contributed by atoms with E-state index in [1.165, 1.54) is 22.3 Å². The Bertz CT molecular complexity index is 560. The minimum absolute atomic E-state index is 0.267. The minimum atomic E-state index is 0.267. The first-order chi connectivity index (χ1) is 9.63. The molecule has 0 aromatic heterocycles. The van der Waals surface area contributed by atoms with Crippen molar-refractivity contribution in [3.8, 4) is 0 Å². The lowest BCUT2D eigenvalue weighted by atomic mass is 9.92. The number of hydrogen-bond donors (Lipinski definition) is 1. The van der Waals surface area contributed by atoms with E-state index in [4.69, 9.17) is 0 Å². The summed E-state index contributed by atoms with van der Waals surface area (Å²) in [5.41, 5.74) is 5.42. The van der Waals surface area contributed by atoms with Crippen LogP contribution < -0.4 is 5.32 Å². The Hall–Kier alpha value is -1.12. The highest BCUT2D eigenvalue weighted by Gasteiger charge is 2.15. The smallest absolute Gasteiger partial charge is 0.0579 e. The van der Waals surface area contributed by atoms with Crippen molar-refractivity contribution in [2.45, 2.75) is 33.2 Å². The highest BCUT2D eigenvalue weighted by molar-refractivity contribution is 9.10. The molecule has 106 valence electrons. The lowest BCUT2D eigenvalue weighted by Gasteiger charge is -2.22. The predicted octanol–water partition coefficient (Wildman–Crippen LogP) is 5.15. The molecule has 2 aromatic rings. The fraction of sp³-hybridized carbons (Fsp3) is 0.333. The summed E-state index contributed by atoms with van der Waals surface area (Å²) in [6.45, 7) is 7.62. The number of halogens is 1. The molecule has 1 nitrogen and oxygen atoms in total. The average Bonchev–Trinajstić information content (AvgIpc) is 2.45. The van der Waals surface area contributed by atoms with Gasteiger partial charge in [0.15, 0.2) is 0 Å². The highest BCUT2D eigenvalue weighted by Crippen LogP contribution is 2.27. The van der Waals surface area contributed by atoms with Crippen LogP contribution in [0.2, 0.25) is 0 Å². The molecule has 0 saturated heterocycles. The van der Waals surface area contributed by atoms with Crippen LogP contribution in [0.5, 0.6) is 0 Å². The molecule has 0 aliphatic heterocycles. The van der Waals surface area contributed by atoms with Crippen molar-refractivity contribution < 1.29 is 0 Å². The van der Waals surface area contributed by atoms with E-state index in [0.29, 0.717) is 0 Å². The number of nitrogens with one attached hydrogen (secondary N) is 1. The lowest BCUT2D eigenvalue weighted by molar-refractivity contribution is 0.596. The third-order valence-corrected chi connectivity index (χ3v) is 4.29. The number of benzene rings is 2. The monoisotopic (exact) mass is 331 g/mol. The molecule has 0 radical (unpaired) electrons. The maximum Gasteiger partial charge on any atom is 0.0579 e. The van der Waals surface area contributed by atoms with Crippen molar-refractivity contribution in [1.82, 2.24) is 5.32 Å². The maximum atomic E-state index is 3.67. The summed E-state index contributed by atoms with van der Waals surface area (Å²) in [7, 11) is 0. The van der Waals surface area contributed by atoms with Gasteiger partial charge in [0.25, 0.3) is 0 Å². The Balaban J connectivity index is 2.41. The molecular formula is C18H22BrN. The van der Waals surface area contributed by atoms with E-state index < -0.39 is 0 Å². The lowest BCUT2D eigenvalue weighted by Crippen LogP contribution is -2.24. The van der Waals surface area contributed by atoms with Gasteiger partial charge in [0.2, 0.25) is 0 Å². The van der Waals surface area contributed by atoms with Crippen molar-refractivity contribution in [2.24, 2.45) is 0 Å². The summed E-state index contributed by atoms with van der Waals surface area (Å²) in [5.74, 6) is 0. The molecule has 0 aliphatic rings. The first-order valence-corrected chi connectivity index (χ1v) is 7.97. The van der Waals surface area contributed by atoms with Gasteiger partial charge >= 0.3 is 0 Å². The summed E-state index contributed by atoms with van der Waals surface area (Å²) in [6, 6.07) is 15.4. The fourth-order valence-electron chi connectivity index (χ4n) is 2.44. The first kappa shape index (κ1) is 15.3. The molecule has 20 heavy (non-hydrogen) atoms. The summed E-state index contributed by atoms with van der Waals surface area (Å²) < 4.78 is 1.12. The zero-order valence-electron chi connectivity index (χ0n) is 12.4. The molecule has 0 spiro atoms.